The van der Waals surface area contributed by atoms with Gasteiger partial charge in [0.2, 0.25) is 0 Å². The molecule has 4 aromatic rings. The Morgan fingerprint density at radius 3 is 2.40 bits per heavy atom. The van der Waals surface area contributed by atoms with E-state index in [9.17, 15) is 18.0 Å². The van der Waals surface area contributed by atoms with E-state index in [4.69, 9.17) is 11.6 Å². The number of halogens is 4. The summed E-state index contributed by atoms with van der Waals surface area (Å²) in [5, 5.41) is 7.75. The maximum Gasteiger partial charge on any atom is 0.416 e. The van der Waals surface area contributed by atoms with Gasteiger partial charge in [-0.3, -0.25) is 14.1 Å². The van der Waals surface area contributed by atoms with Crippen molar-refractivity contribution in [2.45, 2.75) is 6.18 Å². The summed E-state index contributed by atoms with van der Waals surface area (Å²) in [6, 6.07) is 7.73. The lowest BCUT2D eigenvalue weighted by Crippen LogP contribution is -2.28. The molecule has 0 N–H and O–H groups in total. The minimum absolute atomic E-state index is 0.0907. The number of benzene rings is 1. The summed E-state index contributed by atoms with van der Waals surface area (Å²) in [7, 11) is 1.51. The number of anilines is 1. The van der Waals surface area contributed by atoms with Crippen molar-refractivity contribution in [3.63, 3.8) is 0 Å². The smallest absolute Gasteiger partial charge is 0.296 e. The van der Waals surface area contributed by atoms with Gasteiger partial charge in [-0.1, -0.05) is 23.7 Å². The Kier molecular flexibility index (Phi) is 4.86. The lowest BCUT2D eigenvalue weighted by atomic mass is 10.1. The van der Waals surface area contributed by atoms with Gasteiger partial charge >= 0.3 is 6.18 Å². The van der Waals surface area contributed by atoms with Crippen LogP contribution >= 0.6 is 11.6 Å². The summed E-state index contributed by atoms with van der Waals surface area (Å²) < 4.78 is 40.0. The van der Waals surface area contributed by atoms with Crippen molar-refractivity contribution in [3.8, 4) is 11.3 Å². The van der Waals surface area contributed by atoms with E-state index in [1.807, 2.05) is 0 Å². The van der Waals surface area contributed by atoms with Crippen LogP contribution in [0.5, 0.6) is 0 Å². The third kappa shape index (κ3) is 3.69. The number of hydrogen-bond acceptors (Lipinski definition) is 5. The highest BCUT2D eigenvalue weighted by Gasteiger charge is 2.30. The van der Waals surface area contributed by atoms with E-state index in [1.54, 1.807) is 4.40 Å². The van der Waals surface area contributed by atoms with Crippen molar-refractivity contribution in [1.29, 1.82) is 0 Å². The van der Waals surface area contributed by atoms with Crippen LogP contribution in [0.1, 0.15) is 16.1 Å². The van der Waals surface area contributed by atoms with Gasteiger partial charge in [0.25, 0.3) is 5.91 Å². The summed E-state index contributed by atoms with van der Waals surface area (Å²) in [5.41, 5.74) is 0.813. The highest BCUT2D eigenvalue weighted by atomic mass is 35.5. The molecule has 1 aromatic carbocycles. The molecule has 11 heteroatoms. The van der Waals surface area contributed by atoms with Crippen LogP contribution in [0.2, 0.25) is 5.15 Å². The number of carbonyl (C=O) groups excluding carboxylic acids is 1. The molecule has 0 saturated carbocycles. The zero-order chi connectivity index (χ0) is 21.5. The number of aromatic nitrogens is 5. The third-order valence-electron chi connectivity index (χ3n) is 4.39. The monoisotopic (exact) mass is 432 g/mol. The van der Waals surface area contributed by atoms with Gasteiger partial charge in [0.1, 0.15) is 5.69 Å². The van der Waals surface area contributed by atoms with Gasteiger partial charge in [-0.25, -0.2) is 9.97 Å². The van der Waals surface area contributed by atoms with Gasteiger partial charge in [0.05, 0.1) is 23.7 Å². The summed E-state index contributed by atoms with van der Waals surface area (Å²) in [4.78, 5) is 22.4. The average Bonchev–Trinajstić information content (AvgIpc) is 3.16. The minimum atomic E-state index is -4.42. The van der Waals surface area contributed by atoms with Crippen LogP contribution in [-0.4, -0.2) is 37.5 Å². The van der Waals surface area contributed by atoms with E-state index < -0.39 is 17.6 Å². The van der Waals surface area contributed by atoms with E-state index in [2.05, 4.69) is 20.2 Å². The standard InChI is InChI=1S/C19H12ClF3N6O/c1-28(16-7-6-15(20)26-27-16)18(30)13-10-29-14(8-25-17(29)9-24-13)11-2-4-12(5-3-11)19(21,22)23/h2-10H,1H3. The molecule has 0 bridgehead atoms. The molecule has 0 unspecified atom stereocenters. The molecule has 0 spiro atoms. The van der Waals surface area contributed by atoms with Crippen molar-refractivity contribution in [1.82, 2.24) is 24.6 Å². The molecular weight excluding hydrogens is 421 g/mol. The van der Waals surface area contributed by atoms with Gasteiger partial charge in [0.15, 0.2) is 16.6 Å². The fourth-order valence-corrected chi connectivity index (χ4v) is 2.91. The van der Waals surface area contributed by atoms with Gasteiger partial charge in [-0.15, -0.1) is 10.2 Å². The van der Waals surface area contributed by atoms with E-state index in [1.165, 1.54) is 54.8 Å². The molecule has 4 rings (SSSR count). The molecular formula is C19H12ClF3N6O. The van der Waals surface area contributed by atoms with Crippen LogP contribution in [0.3, 0.4) is 0 Å². The van der Waals surface area contributed by atoms with Crippen LogP contribution in [-0.2, 0) is 6.18 Å². The maximum atomic E-state index is 12.8. The number of amides is 1. The highest BCUT2D eigenvalue weighted by molar-refractivity contribution is 6.29. The summed E-state index contributed by atoms with van der Waals surface area (Å²) in [6.07, 6.45) is -0.0430. The fourth-order valence-electron chi connectivity index (χ4n) is 2.81. The third-order valence-corrected chi connectivity index (χ3v) is 4.59. The van der Waals surface area contributed by atoms with Crippen molar-refractivity contribution >= 4 is 29.0 Å². The summed E-state index contributed by atoms with van der Waals surface area (Å²) in [5.74, 6) is -0.180. The topological polar surface area (TPSA) is 76.3 Å². The van der Waals surface area contributed by atoms with Gasteiger partial charge in [-0.2, -0.15) is 13.2 Å². The van der Waals surface area contributed by atoms with Crippen LogP contribution in [0, 0.1) is 0 Å². The molecule has 7 nitrogen and oxygen atoms in total. The zero-order valence-corrected chi connectivity index (χ0v) is 16.1. The predicted molar refractivity (Wildman–Crippen MR) is 103 cm³/mol. The summed E-state index contributed by atoms with van der Waals surface area (Å²) in [6.45, 7) is 0. The first-order valence-electron chi connectivity index (χ1n) is 8.52. The molecule has 30 heavy (non-hydrogen) atoms. The Hall–Kier alpha value is -3.53. The van der Waals surface area contributed by atoms with Crippen LogP contribution < -0.4 is 4.90 Å². The van der Waals surface area contributed by atoms with E-state index >= 15 is 0 Å². The lowest BCUT2D eigenvalue weighted by Gasteiger charge is -2.15. The van der Waals surface area contributed by atoms with Crippen molar-refractivity contribution < 1.29 is 18.0 Å². The van der Waals surface area contributed by atoms with Gasteiger partial charge in [0, 0.05) is 18.8 Å². The van der Waals surface area contributed by atoms with Crippen molar-refractivity contribution in [2.24, 2.45) is 0 Å². The Bertz CT molecular complexity index is 1220. The SMILES string of the molecule is CN(C(=O)c1cn2c(-c3ccc(C(F)(F)F)cc3)cnc2cn1)c1ccc(Cl)nn1. The van der Waals surface area contributed by atoms with Crippen LogP contribution in [0.25, 0.3) is 16.9 Å². The minimum Gasteiger partial charge on any atom is -0.296 e. The maximum absolute atomic E-state index is 12.8. The normalized spacial score (nSPS) is 11.6. The lowest BCUT2D eigenvalue weighted by molar-refractivity contribution is -0.137. The van der Waals surface area contributed by atoms with Crippen molar-refractivity contribution in [3.05, 3.63) is 71.4 Å². The molecule has 1 amide bonds. The second-order valence-electron chi connectivity index (χ2n) is 6.30. The van der Waals surface area contributed by atoms with Crippen LogP contribution in [0.15, 0.2) is 55.0 Å². The number of nitrogens with zero attached hydrogens (tertiary/aromatic N) is 6. The highest BCUT2D eigenvalue weighted by Crippen LogP contribution is 2.31. The Morgan fingerprint density at radius 2 is 1.77 bits per heavy atom. The number of rotatable bonds is 3. The molecule has 0 radical (unpaired) electrons. The number of carbonyl (C=O) groups is 1. The number of alkyl halides is 3. The first-order chi connectivity index (χ1) is 14.2. The Balaban J connectivity index is 1.69. The molecule has 0 fully saturated rings. The molecule has 0 aliphatic heterocycles. The van der Waals surface area contributed by atoms with Gasteiger partial charge < -0.3 is 0 Å². The van der Waals surface area contributed by atoms with E-state index in [0.717, 1.165) is 12.1 Å². The molecule has 0 aliphatic rings. The van der Waals surface area contributed by atoms with Crippen LogP contribution in [0.4, 0.5) is 19.0 Å². The molecule has 3 aromatic heterocycles. The molecule has 152 valence electrons. The number of imidazole rings is 1. The molecule has 0 aliphatic carbocycles. The Labute approximate surface area is 172 Å². The zero-order valence-electron chi connectivity index (χ0n) is 15.3. The first-order valence-corrected chi connectivity index (χ1v) is 8.90. The molecule has 3 heterocycles. The first kappa shape index (κ1) is 19.8. The van der Waals surface area contributed by atoms with E-state index in [0.29, 0.717) is 16.9 Å². The quantitative estimate of drug-likeness (QED) is 0.486. The fraction of sp³-hybridized carbons (Fsp3) is 0.105. The Morgan fingerprint density at radius 1 is 1.03 bits per heavy atom. The average molecular weight is 433 g/mol. The predicted octanol–water partition coefficient (Wildman–Crippen LogP) is 4.14. The number of fused-ring (bicyclic) bond motifs is 1. The second kappa shape index (κ2) is 7.38. The largest absolute Gasteiger partial charge is 0.416 e. The van der Waals surface area contributed by atoms with Crippen molar-refractivity contribution in [2.75, 3.05) is 11.9 Å². The molecule has 0 atom stereocenters. The van der Waals surface area contributed by atoms with E-state index in [-0.39, 0.29) is 16.7 Å². The molecule has 0 saturated heterocycles. The van der Waals surface area contributed by atoms with Gasteiger partial charge in [-0.05, 0) is 24.3 Å². The number of hydrogen-bond donors (Lipinski definition) is 0. The summed E-state index contributed by atoms with van der Waals surface area (Å²) >= 11 is 5.71. The second-order valence-corrected chi connectivity index (χ2v) is 6.68.